The van der Waals surface area contributed by atoms with Crippen LogP contribution in [0.4, 0.5) is 5.82 Å². The maximum Gasteiger partial charge on any atom is 0.248 e. The van der Waals surface area contributed by atoms with Gasteiger partial charge in [-0.15, -0.1) is 11.3 Å². The Morgan fingerprint density at radius 2 is 2.03 bits per heavy atom. The van der Waals surface area contributed by atoms with Crippen LogP contribution in [0.15, 0.2) is 30.3 Å². The molecule has 7 nitrogen and oxygen atoms in total. The molecule has 29 heavy (non-hydrogen) atoms. The minimum atomic E-state index is -1.01. The van der Waals surface area contributed by atoms with Crippen molar-refractivity contribution in [3.63, 3.8) is 0 Å². The molecular formula is C20H21ClN4O3S. The van der Waals surface area contributed by atoms with Crippen molar-refractivity contribution >= 4 is 44.9 Å². The fourth-order valence-electron chi connectivity index (χ4n) is 3.14. The molecule has 1 atom stereocenters. The predicted molar refractivity (Wildman–Crippen MR) is 114 cm³/mol. The summed E-state index contributed by atoms with van der Waals surface area (Å²) in [5.41, 5.74) is 2.85. The molecule has 2 N–H and O–H groups in total. The summed E-state index contributed by atoms with van der Waals surface area (Å²) >= 11 is 7.81. The lowest BCUT2D eigenvalue weighted by molar-refractivity contribution is -0.128. The Balaban J connectivity index is 1.58. The maximum atomic E-state index is 11.5. The van der Waals surface area contributed by atoms with E-state index in [1.165, 1.54) is 6.92 Å². The Bertz CT molecular complexity index is 1020. The van der Waals surface area contributed by atoms with Crippen LogP contribution in [0.5, 0.6) is 0 Å². The molecule has 0 saturated carbocycles. The van der Waals surface area contributed by atoms with Crippen molar-refractivity contribution < 1.29 is 14.6 Å². The summed E-state index contributed by atoms with van der Waals surface area (Å²) in [6.45, 7) is 4.73. The van der Waals surface area contributed by atoms with Crippen molar-refractivity contribution in [2.75, 3.05) is 31.2 Å². The number of anilines is 1. The maximum absolute atomic E-state index is 11.5. The van der Waals surface area contributed by atoms with Crippen LogP contribution in [-0.2, 0) is 16.1 Å². The molecule has 1 amide bonds. The van der Waals surface area contributed by atoms with Crippen LogP contribution < -0.4 is 10.2 Å². The zero-order chi connectivity index (χ0) is 20.4. The van der Waals surface area contributed by atoms with Crippen molar-refractivity contribution in [1.82, 2.24) is 15.3 Å². The quantitative estimate of drug-likeness (QED) is 0.603. The molecule has 1 fully saturated rings. The number of aliphatic hydroxyl groups is 1. The molecule has 1 saturated heterocycles. The summed E-state index contributed by atoms with van der Waals surface area (Å²) in [6.07, 6.45) is -1.01. The van der Waals surface area contributed by atoms with E-state index >= 15 is 0 Å². The number of fused-ring (bicyclic) bond motifs is 1. The Morgan fingerprint density at radius 3 is 2.72 bits per heavy atom. The van der Waals surface area contributed by atoms with Gasteiger partial charge in [-0.2, -0.15) is 4.98 Å². The van der Waals surface area contributed by atoms with E-state index in [2.05, 4.69) is 20.2 Å². The van der Waals surface area contributed by atoms with Crippen LogP contribution in [0.3, 0.4) is 0 Å². The first kappa shape index (κ1) is 20.0. The molecular weight excluding hydrogens is 412 g/mol. The second-order valence-electron chi connectivity index (χ2n) is 6.83. The number of morpholine rings is 1. The smallest absolute Gasteiger partial charge is 0.248 e. The van der Waals surface area contributed by atoms with Gasteiger partial charge >= 0.3 is 0 Å². The first-order valence-electron chi connectivity index (χ1n) is 9.36. The van der Waals surface area contributed by atoms with Gasteiger partial charge in [0.1, 0.15) is 6.10 Å². The van der Waals surface area contributed by atoms with Crippen LogP contribution in [0.25, 0.3) is 20.7 Å². The molecule has 9 heteroatoms. The van der Waals surface area contributed by atoms with Crippen molar-refractivity contribution in [3.8, 4) is 10.4 Å². The number of hydrogen-bond acceptors (Lipinski definition) is 7. The number of halogens is 1. The van der Waals surface area contributed by atoms with E-state index in [4.69, 9.17) is 16.3 Å². The van der Waals surface area contributed by atoms with E-state index in [-0.39, 0.29) is 11.2 Å². The summed E-state index contributed by atoms with van der Waals surface area (Å²) in [6, 6.07) is 9.98. The fraction of sp³-hybridized carbons (Fsp3) is 0.350. The summed E-state index contributed by atoms with van der Waals surface area (Å²) in [7, 11) is 0. The van der Waals surface area contributed by atoms with E-state index in [0.717, 1.165) is 45.1 Å². The standard InChI is InChI=1S/C20H21ClN4O3S/c1-12(26)19(27)22-11-13-2-4-14(5-3-13)16-10-15-17(29-16)18(24-20(21)23-15)25-6-8-28-9-7-25/h2-5,10,12,26H,6-9,11H2,1H3,(H,22,27). The molecule has 4 rings (SSSR count). The van der Waals surface area contributed by atoms with Crippen LogP contribution in [0, 0.1) is 0 Å². The summed E-state index contributed by atoms with van der Waals surface area (Å²) in [5, 5.41) is 12.2. The van der Waals surface area contributed by atoms with Crippen LogP contribution in [0.1, 0.15) is 12.5 Å². The molecule has 1 aromatic carbocycles. The van der Waals surface area contributed by atoms with Gasteiger partial charge in [-0.25, -0.2) is 4.98 Å². The Hall–Kier alpha value is -2.26. The molecule has 2 aromatic heterocycles. The third kappa shape index (κ3) is 4.51. The lowest BCUT2D eigenvalue weighted by Crippen LogP contribution is -2.36. The molecule has 0 bridgehead atoms. The molecule has 0 aliphatic carbocycles. The molecule has 0 spiro atoms. The minimum absolute atomic E-state index is 0.243. The van der Waals surface area contributed by atoms with Crippen molar-refractivity contribution in [1.29, 1.82) is 0 Å². The van der Waals surface area contributed by atoms with Gasteiger partial charge in [0, 0.05) is 24.5 Å². The third-order valence-electron chi connectivity index (χ3n) is 4.72. The predicted octanol–water partition coefficient (Wildman–Crippen LogP) is 2.85. The average Bonchev–Trinajstić information content (AvgIpc) is 3.16. The first-order valence-corrected chi connectivity index (χ1v) is 10.6. The Labute approximate surface area is 177 Å². The van der Waals surface area contributed by atoms with E-state index < -0.39 is 6.10 Å². The van der Waals surface area contributed by atoms with Crippen molar-refractivity contribution in [2.45, 2.75) is 19.6 Å². The molecule has 1 unspecified atom stereocenters. The molecule has 152 valence electrons. The second-order valence-corrected chi connectivity index (χ2v) is 8.22. The molecule has 1 aliphatic rings. The topological polar surface area (TPSA) is 87.6 Å². The highest BCUT2D eigenvalue weighted by Crippen LogP contribution is 2.38. The number of amides is 1. The van der Waals surface area contributed by atoms with Crippen LogP contribution >= 0.6 is 22.9 Å². The Kier molecular flexibility index (Phi) is 5.96. The number of aliphatic hydroxyl groups excluding tert-OH is 1. The van der Waals surface area contributed by atoms with Crippen molar-refractivity contribution in [2.24, 2.45) is 0 Å². The van der Waals surface area contributed by atoms with Gasteiger partial charge in [0.05, 0.1) is 23.4 Å². The number of carbonyl (C=O) groups excluding carboxylic acids is 1. The van der Waals surface area contributed by atoms with Gasteiger partial charge in [-0.1, -0.05) is 24.3 Å². The molecule has 3 aromatic rings. The van der Waals surface area contributed by atoms with Gasteiger partial charge in [-0.05, 0) is 35.7 Å². The van der Waals surface area contributed by atoms with Gasteiger partial charge in [0.15, 0.2) is 5.82 Å². The van der Waals surface area contributed by atoms with Gasteiger partial charge in [0.2, 0.25) is 11.2 Å². The number of thiophene rings is 1. The number of nitrogens with one attached hydrogen (secondary N) is 1. The summed E-state index contributed by atoms with van der Waals surface area (Å²) in [4.78, 5) is 23.6. The highest BCUT2D eigenvalue weighted by molar-refractivity contribution is 7.22. The molecule has 0 radical (unpaired) electrons. The number of aromatic nitrogens is 2. The Morgan fingerprint density at radius 1 is 1.31 bits per heavy atom. The zero-order valence-corrected chi connectivity index (χ0v) is 17.5. The monoisotopic (exact) mass is 432 g/mol. The summed E-state index contributed by atoms with van der Waals surface area (Å²) in [5.74, 6) is 0.474. The highest BCUT2D eigenvalue weighted by atomic mass is 35.5. The lowest BCUT2D eigenvalue weighted by Gasteiger charge is -2.28. The largest absolute Gasteiger partial charge is 0.384 e. The zero-order valence-electron chi connectivity index (χ0n) is 15.9. The number of rotatable bonds is 5. The highest BCUT2D eigenvalue weighted by Gasteiger charge is 2.19. The summed E-state index contributed by atoms with van der Waals surface area (Å²) < 4.78 is 6.46. The average molecular weight is 433 g/mol. The van der Waals surface area contributed by atoms with Crippen molar-refractivity contribution in [3.05, 3.63) is 41.2 Å². The van der Waals surface area contributed by atoms with Crippen LogP contribution in [0.2, 0.25) is 5.28 Å². The molecule has 3 heterocycles. The number of hydrogen-bond donors (Lipinski definition) is 2. The number of carbonyl (C=O) groups is 1. The first-order chi connectivity index (χ1) is 14.0. The third-order valence-corrected chi connectivity index (χ3v) is 6.06. The number of ether oxygens (including phenoxy) is 1. The normalized spacial score (nSPS) is 15.5. The SMILES string of the molecule is CC(O)C(=O)NCc1ccc(-c2cc3nc(Cl)nc(N4CCOCC4)c3s2)cc1. The molecule has 1 aliphatic heterocycles. The van der Waals surface area contributed by atoms with Crippen LogP contribution in [-0.4, -0.2) is 53.4 Å². The van der Waals surface area contributed by atoms with E-state index in [0.29, 0.717) is 19.8 Å². The van der Waals surface area contributed by atoms with Gasteiger partial charge < -0.3 is 20.1 Å². The van der Waals surface area contributed by atoms with Gasteiger partial charge in [-0.3, -0.25) is 4.79 Å². The minimum Gasteiger partial charge on any atom is -0.384 e. The van der Waals surface area contributed by atoms with Gasteiger partial charge in [0.25, 0.3) is 0 Å². The fourth-order valence-corrected chi connectivity index (χ4v) is 4.43. The van der Waals surface area contributed by atoms with E-state index in [1.807, 2.05) is 30.3 Å². The van der Waals surface area contributed by atoms with E-state index in [9.17, 15) is 9.90 Å². The second kappa shape index (κ2) is 8.62. The lowest BCUT2D eigenvalue weighted by atomic mass is 10.1. The number of benzene rings is 1. The van der Waals surface area contributed by atoms with E-state index in [1.54, 1.807) is 11.3 Å². The number of nitrogens with zero attached hydrogens (tertiary/aromatic N) is 3.